The van der Waals surface area contributed by atoms with E-state index in [0.29, 0.717) is 10.6 Å². The third-order valence-corrected chi connectivity index (χ3v) is 1.97. The van der Waals surface area contributed by atoms with Gasteiger partial charge in [0.1, 0.15) is 6.10 Å². The Kier molecular flexibility index (Phi) is 1.76. The molecule has 1 atom stereocenters. The summed E-state index contributed by atoms with van der Waals surface area (Å²) >= 11 is 5.79. The van der Waals surface area contributed by atoms with Crippen LogP contribution in [0.4, 0.5) is 0 Å². The lowest BCUT2D eigenvalue weighted by Gasteiger charge is -1.97. The molecule has 2 rings (SSSR count). The van der Waals surface area contributed by atoms with Crippen LogP contribution in [0.25, 0.3) is 0 Å². The Balaban J connectivity index is 2.43. The summed E-state index contributed by atoms with van der Waals surface area (Å²) in [6.07, 6.45) is 0.163. The largest absolute Gasteiger partial charge is 0.368 e. The van der Waals surface area contributed by atoms with Crippen molar-refractivity contribution in [2.75, 3.05) is 6.61 Å². The van der Waals surface area contributed by atoms with Crippen LogP contribution in [-0.2, 0) is 4.74 Å². The van der Waals surface area contributed by atoms with E-state index in [1.54, 1.807) is 6.07 Å². The summed E-state index contributed by atoms with van der Waals surface area (Å²) < 4.78 is 5.08. The predicted octanol–water partition coefficient (Wildman–Crippen LogP) is 2.28. The topological polar surface area (TPSA) is 36.3 Å². The molecular formula is C9H6ClNO. The number of nitriles is 1. The standard InChI is InChI=1S/C9H6ClNO/c10-8-2-6(4-11)1-7(3-8)9-5-12-9/h1-3,9H,5H2. The Labute approximate surface area is 75.3 Å². The molecule has 0 aromatic heterocycles. The molecule has 0 radical (unpaired) electrons. The van der Waals surface area contributed by atoms with Crippen LogP contribution < -0.4 is 0 Å². The summed E-state index contributed by atoms with van der Waals surface area (Å²) in [5.41, 5.74) is 1.59. The maximum absolute atomic E-state index is 8.64. The van der Waals surface area contributed by atoms with E-state index in [1.165, 1.54) is 0 Å². The van der Waals surface area contributed by atoms with Crippen LogP contribution in [0.1, 0.15) is 17.2 Å². The van der Waals surface area contributed by atoms with E-state index in [0.717, 1.165) is 12.2 Å². The van der Waals surface area contributed by atoms with E-state index >= 15 is 0 Å². The van der Waals surface area contributed by atoms with Crippen molar-refractivity contribution in [3.8, 4) is 6.07 Å². The molecular weight excluding hydrogens is 174 g/mol. The Bertz CT molecular complexity index is 352. The van der Waals surface area contributed by atoms with Gasteiger partial charge in [-0.1, -0.05) is 11.6 Å². The van der Waals surface area contributed by atoms with Crippen LogP contribution in [0, 0.1) is 11.3 Å². The molecule has 0 saturated carbocycles. The second kappa shape index (κ2) is 2.78. The molecule has 1 heterocycles. The summed E-state index contributed by atoms with van der Waals surface area (Å²) in [5.74, 6) is 0. The molecule has 1 saturated heterocycles. The minimum absolute atomic E-state index is 0.163. The Morgan fingerprint density at radius 1 is 1.50 bits per heavy atom. The summed E-state index contributed by atoms with van der Waals surface area (Å²) in [6.45, 7) is 0.741. The van der Waals surface area contributed by atoms with Crippen LogP contribution >= 0.6 is 11.6 Å². The molecule has 12 heavy (non-hydrogen) atoms. The highest BCUT2D eigenvalue weighted by molar-refractivity contribution is 6.30. The number of epoxide rings is 1. The molecule has 0 N–H and O–H groups in total. The monoisotopic (exact) mass is 179 g/mol. The minimum Gasteiger partial charge on any atom is -0.368 e. The van der Waals surface area contributed by atoms with Crippen LogP contribution in [0.2, 0.25) is 5.02 Å². The van der Waals surface area contributed by atoms with E-state index in [4.69, 9.17) is 21.6 Å². The fourth-order valence-electron chi connectivity index (χ4n) is 1.10. The molecule has 1 aromatic carbocycles. The highest BCUT2D eigenvalue weighted by Crippen LogP contribution is 2.31. The Hall–Kier alpha value is -1.04. The highest BCUT2D eigenvalue weighted by Gasteiger charge is 2.25. The summed E-state index contributed by atoms with van der Waals surface area (Å²) in [7, 11) is 0. The van der Waals surface area contributed by atoms with Crippen molar-refractivity contribution in [1.29, 1.82) is 5.26 Å². The van der Waals surface area contributed by atoms with E-state index in [9.17, 15) is 0 Å². The van der Waals surface area contributed by atoms with Gasteiger partial charge in [-0.25, -0.2) is 0 Å². The molecule has 1 aliphatic heterocycles. The lowest BCUT2D eigenvalue weighted by molar-refractivity contribution is 0.415. The van der Waals surface area contributed by atoms with Crippen molar-refractivity contribution < 1.29 is 4.74 Å². The molecule has 1 unspecified atom stereocenters. The van der Waals surface area contributed by atoms with Gasteiger partial charge in [-0.05, 0) is 23.8 Å². The van der Waals surface area contributed by atoms with E-state index < -0.39 is 0 Å². The van der Waals surface area contributed by atoms with Crippen molar-refractivity contribution in [2.24, 2.45) is 0 Å². The van der Waals surface area contributed by atoms with E-state index in [2.05, 4.69) is 6.07 Å². The van der Waals surface area contributed by atoms with Gasteiger partial charge < -0.3 is 4.74 Å². The number of halogens is 1. The van der Waals surface area contributed by atoms with Gasteiger partial charge in [-0.3, -0.25) is 0 Å². The van der Waals surface area contributed by atoms with Crippen LogP contribution in [0.15, 0.2) is 18.2 Å². The van der Waals surface area contributed by atoms with Crippen molar-refractivity contribution in [1.82, 2.24) is 0 Å². The van der Waals surface area contributed by atoms with E-state index in [-0.39, 0.29) is 6.10 Å². The first kappa shape index (κ1) is 7.60. The van der Waals surface area contributed by atoms with Gasteiger partial charge in [0.05, 0.1) is 18.2 Å². The first-order valence-corrected chi connectivity index (χ1v) is 3.99. The first-order valence-electron chi connectivity index (χ1n) is 3.62. The maximum atomic E-state index is 8.64. The van der Waals surface area contributed by atoms with Gasteiger partial charge in [0.15, 0.2) is 0 Å². The fraction of sp³-hybridized carbons (Fsp3) is 0.222. The molecule has 1 aromatic rings. The number of nitrogens with zero attached hydrogens (tertiary/aromatic N) is 1. The average Bonchev–Trinajstić information content (AvgIpc) is 2.85. The molecule has 1 fully saturated rings. The molecule has 2 nitrogen and oxygen atoms in total. The molecule has 0 bridgehead atoms. The van der Waals surface area contributed by atoms with Crippen LogP contribution in [-0.4, -0.2) is 6.61 Å². The number of ether oxygens (including phenoxy) is 1. The van der Waals surface area contributed by atoms with Crippen molar-refractivity contribution in [3.63, 3.8) is 0 Å². The third-order valence-electron chi connectivity index (χ3n) is 1.75. The van der Waals surface area contributed by atoms with E-state index in [1.807, 2.05) is 12.1 Å². The van der Waals surface area contributed by atoms with Crippen molar-refractivity contribution in [2.45, 2.75) is 6.10 Å². The summed E-state index contributed by atoms with van der Waals surface area (Å²) in [5, 5.41) is 9.24. The van der Waals surface area contributed by atoms with Crippen molar-refractivity contribution in [3.05, 3.63) is 34.3 Å². The van der Waals surface area contributed by atoms with Crippen molar-refractivity contribution >= 4 is 11.6 Å². The lowest BCUT2D eigenvalue weighted by atomic mass is 10.1. The zero-order chi connectivity index (χ0) is 8.55. The lowest BCUT2D eigenvalue weighted by Crippen LogP contribution is -1.83. The molecule has 0 aliphatic carbocycles. The zero-order valence-electron chi connectivity index (χ0n) is 6.25. The SMILES string of the molecule is N#Cc1cc(Cl)cc(C2CO2)c1. The normalized spacial score (nSPS) is 20.2. The molecule has 0 amide bonds. The molecule has 60 valence electrons. The maximum Gasteiger partial charge on any atom is 0.106 e. The smallest absolute Gasteiger partial charge is 0.106 e. The first-order chi connectivity index (χ1) is 5.79. The number of benzene rings is 1. The highest BCUT2D eigenvalue weighted by atomic mass is 35.5. The fourth-order valence-corrected chi connectivity index (χ4v) is 1.35. The van der Waals surface area contributed by atoms with Crippen LogP contribution in [0.5, 0.6) is 0 Å². The predicted molar refractivity (Wildman–Crippen MR) is 44.9 cm³/mol. The second-order valence-corrected chi connectivity index (χ2v) is 3.14. The quantitative estimate of drug-likeness (QED) is 0.621. The number of rotatable bonds is 1. The molecule has 1 aliphatic rings. The molecule has 3 heteroatoms. The number of hydrogen-bond donors (Lipinski definition) is 0. The summed E-state index contributed by atoms with van der Waals surface area (Å²) in [4.78, 5) is 0. The average molecular weight is 180 g/mol. The van der Waals surface area contributed by atoms with Gasteiger partial charge in [0, 0.05) is 5.02 Å². The minimum atomic E-state index is 0.163. The van der Waals surface area contributed by atoms with Gasteiger partial charge >= 0.3 is 0 Å². The summed E-state index contributed by atoms with van der Waals surface area (Å²) in [6, 6.07) is 7.34. The molecule has 0 spiro atoms. The second-order valence-electron chi connectivity index (χ2n) is 2.71. The van der Waals surface area contributed by atoms with Gasteiger partial charge in [0.25, 0.3) is 0 Å². The zero-order valence-corrected chi connectivity index (χ0v) is 7.01. The number of hydrogen-bond acceptors (Lipinski definition) is 2. The Morgan fingerprint density at radius 3 is 2.83 bits per heavy atom. The van der Waals surface area contributed by atoms with Crippen LogP contribution in [0.3, 0.4) is 0 Å². The third kappa shape index (κ3) is 1.42. The van der Waals surface area contributed by atoms with Gasteiger partial charge in [-0.2, -0.15) is 5.26 Å². The Morgan fingerprint density at radius 2 is 2.25 bits per heavy atom. The van der Waals surface area contributed by atoms with Gasteiger partial charge in [0.2, 0.25) is 0 Å². The van der Waals surface area contributed by atoms with Gasteiger partial charge in [-0.15, -0.1) is 0 Å².